The summed E-state index contributed by atoms with van der Waals surface area (Å²) >= 11 is 0. The van der Waals surface area contributed by atoms with Gasteiger partial charge < -0.3 is 32.4 Å². The van der Waals surface area contributed by atoms with Crippen molar-refractivity contribution in [2.24, 2.45) is 10.8 Å². The van der Waals surface area contributed by atoms with E-state index in [-0.39, 0.29) is 41.6 Å². The van der Waals surface area contributed by atoms with Crippen LogP contribution >= 0.6 is 0 Å². The number of rotatable bonds is 10. The van der Waals surface area contributed by atoms with Gasteiger partial charge in [-0.2, -0.15) is 0 Å². The van der Waals surface area contributed by atoms with Gasteiger partial charge in [0, 0.05) is 42.8 Å². The zero-order valence-corrected chi connectivity index (χ0v) is 26.4. The summed E-state index contributed by atoms with van der Waals surface area (Å²) in [5, 5.41) is 5.86. The van der Waals surface area contributed by atoms with Crippen LogP contribution in [0.4, 0.5) is 0 Å². The van der Waals surface area contributed by atoms with Crippen molar-refractivity contribution in [2.45, 2.75) is 87.1 Å². The molecule has 0 aromatic carbocycles. The lowest BCUT2D eigenvalue weighted by atomic mass is 9.84. The third-order valence-corrected chi connectivity index (χ3v) is 5.59. The van der Waals surface area contributed by atoms with Gasteiger partial charge in [0.2, 0.25) is 17.7 Å². The van der Waals surface area contributed by atoms with Gasteiger partial charge in [0.05, 0.1) is 34.4 Å². The minimum atomic E-state index is -0.460. The first-order valence-electron chi connectivity index (χ1n) is 13.2. The van der Waals surface area contributed by atoms with Gasteiger partial charge in [0.15, 0.2) is 0 Å². The van der Waals surface area contributed by atoms with Gasteiger partial charge in [-0.25, -0.2) is 0 Å². The summed E-state index contributed by atoms with van der Waals surface area (Å²) in [5.74, 6) is 0.399. The molecule has 1 aliphatic rings. The molecule has 1 fully saturated rings. The summed E-state index contributed by atoms with van der Waals surface area (Å²) in [7, 11) is 10.3. The van der Waals surface area contributed by atoms with E-state index in [0.717, 1.165) is 37.0 Å². The first-order chi connectivity index (χ1) is 15.9. The predicted octanol–water partition coefficient (Wildman–Crippen LogP) is 0.324. The van der Waals surface area contributed by atoms with Gasteiger partial charge in [-0.05, 0) is 33.9 Å². The second-order valence-electron chi connectivity index (χ2n) is 12.2. The summed E-state index contributed by atoms with van der Waals surface area (Å²) < 4.78 is 0.950. The van der Waals surface area contributed by atoms with Gasteiger partial charge in [0.1, 0.15) is 0 Å². The maximum Gasteiger partial charge on any atom is 0.226 e. The SMILES string of the molecule is CC.CC(C)(C)C(=O)NCCC[N+](C)(C)C.CC(CC(C)(C)C(=O)NCN(C)C)N1CCCC1=O.[Cl-]. The molecule has 216 valence electrons. The molecule has 0 bridgehead atoms. The molecule has 0 aromatic heterocycles. The van der Waals surface area contributed by atoms with E-state index in [4.69, 9.17) is 0 Å². The van der Waals surface area contributed by atoms with Gasteiger partial charge in [0.25, 0.3) is 0 Å². The second kappa shape index (κ2) is 18.0. The van der Waals surface area contributed by atoms with E-state index in [9.17, 15) is 14.4 Å². The molecule has 0 saturated carbocycles. The Balaban J connectivity index is -0.000000574. The standard InChI is InChI=1S/C14H27N3O2.C11H24N2O.C2H6.ClH/c1-11(17-8-6-7-12(17)18)9-14(2,3)13(19)15-10-16(4)5;1-11(2,3)10(14)12-8-7-9-13(4,5)6;1-2;/h11H,6-10H2,1-5H3,(H,15,19);7-9H2,1-6H3;1-2H3;1H. The zero-order chi connectivity index (χ0) is 28.0. The molecule has 0 aliphatic carbocycles. The van der Waals surface area contributed by atoms with Crippen LogP contribution < -0.4 is 23.0 Å². The van der Waals surface area contributed by atoms with Crippen LogP contribution in [0.15, 0.2) is 0 Å². The summed E-state index contributed by atoms with van der Waals surface area (Å²) in [5.41, 5.74) is -0.727. The van der Waals surface area contributed by atoms with Gasteiger partial charge in [-0.1, -0.05) is 48.5 Å². The van der Waals surface area contributed by atoms with Crippen molar-refractivity contribution in [1.82, 2.24) is 20.4 Å². The highest BCUT2D eigenvalue weighted by molar-refractivity contribution is 5.82. The number of likely N-dealkylation sites (tertiary alicyclic amines) is 1. The molecule has 1 aliphatic heterocycles. The Morgan fingerprint density at radius 2 is 1.56 bits per heavy atom. The summed E-state index contributed by atoms with van der Waals surface area (Å²) in [6, 6.07) is 0.120. The number of nitrogens with one attached hydrogen (secondary N) is 2. The smallest absolute Gasteiger partial charge is 0.226 e. The van der Waals surface area contributed by atoms with E-state index in [1.54, 1.807) is 0 Å². The van der Waals surface area contributed by atoms with Gasteiger partial charge in [-0.3, -0.25) is 19.3 Å². The van der Waals surface area contributed by atoms with Crippen molar-refractivity contribution in [3.63, 3.8) is 0 Å². The molecule has 0 radical (unpaired) electrons. The van der Waals surface area contributed by atoms with Crippen molar-refractivity contribution in [3.8, 4) is 0 Å². The summed E-state index contributed by atoms with van der Waals surface area (Å²) in [6.07, 6.45) is 3.32. The van der Waals surface area contributed by atoms with Crippen molar-refractivity contribution in [1.29, 1.82) is 0 Å². The third-order valence-electron chi connectivity index (χ3n) is 5.59. The van der Waals surface area contributed by atoms with E-state index in [1.165, 1.54) is 0 Å². The van der Waals surface area contributed by atoms with Crippen LogP contribution in [0.5, 0.6) is 0 Å². The highest BCUT2D eigenvalue weighted by atomic mass is 35.5. The number of quaternary nitrogens is 1. The highest BCUT2D eigenvalue weighted by Gasteiger charge is 2.34. The lowest BCUT2D eigenvalue weighted by Crippen LogP contribution is -3.00. The quantitative estimate of drug-likeness (QED) is 0.240. The number of hydrogen-bond donors (Lipinski definition) is 2. The van der Waals surface area contributed by atoms with Gasteiger partial charge in [-0.15, -0.1) is 0 Å². The van der Waals surface area contributed by atoms with Crippen molar-refractivity contribution >= 4 is 17.7 Å². The van der Waals surface area contributed by atoms with E-state index in [1.807, 2.05) is 79.3 Å². The molecular formula is C27H58ClN5O3. The maximum absolute atomic E-state index is 12.2. The fourth-order valence-electron chi connectivity index (χ4n) is 3.57. The lowest BCUT2D eigenvalue weighted by molar-refractivity contribution is -0.870. The molecule has 36 heavy (non-hydrogen) atoms. The fourth-order valence-corrected chi connectivity index (χ4v) is 3.57. The average Bonchev–Trinajstić information content (AvgIpc) is 3.15. The van der Waals surface area contributed by atoms with E-state index < -0.39 is 5.41 Å². The normalized spacial score (nSPS) is 14.6. The topological polar surface area (TPSA) is 81.8 Å². The molecule has 1 unspecified atom stereocenters. The molecule has 2 N–H and O–H groups in total. The first kappa shape index (κ1) is 39.1. The summed E-state index contributed by atoms with van der Waals surface area (Å²) in [6.45, 7) is 18.9. The van der Waals surface area contributed by atoms with Crippen molar-refractivity contribution < 1.29 is 31.3 Å². The van der Waals surface area contributed by atoms with E-state index in [2.05, 4.69) is 31.8 Å². The summed E-state index contributed by atoms with van der Waals surface area (Å²) in [4.78, 5) is 39.2. The number of hydrogen-bond acceptors (Lipinski definition) is 4. The van der Waals surface area contributed by atoms with Crippen LogP contribution in [-0.2, 0) is 14.4 Å². The molecule has 3 amide bonds. The molecule has 1 atom stereocenters. The Hall–Kier alpha value is -1.38. The highest BCUT2D eigenvalue weighted by Crippen LogP contribution is 2.27. The number of carbonyl (C=O) groups excluding carboxylic acids is 3. The van der Waals surface area contributed by atoms with Crippen LogP contribution in [0.25, 0.3) is 0 Å². The molecule has 1 heterocycles. The number of nitrogens with zero attached hydrogens (tertiary/aromatic N) is 3. The molecule has 1 saturated heterocycles. The van der Waals surface area contributed by atoms with Crippen molar-refractivity contribution in [2.75, 3.05) is 61.5 Å². The van der Waals surface area contributed by atoms with E-state index in [0.29, 0.717) is 19.5 Å². The first-order valence-corrected chi connectivity index (χ1v) is 13.2. The van der Waals surface area contributed by atoms with E-state index >= 15 is 0 Å². The lowest BCUT2D eigenvalue weighted by Gasteiger charge is -2.32. The van der Waals surface area contributed by atoms with Crippen LogP contribution in [0.1, 0.15) is 81.1 Å². The molecular weight excluding hydrogens is 478 g/mol. The molecule has 0 spiro atoms. The number of amides is 3. The Morgan fingerprint density at radius 3 is 1.94 bits per heavy atom. The Bertz CT molecular complexity index is 640. The molecule has 0 aromatic rings. The fraction of sp³-hybridized carbons (Fsp3) is 0.889. The molecule has 8 nitrogen and oxygen atoms in total. The van der Waals surface area contributed by atoms with Crippen LogP contribution in [0.3, 0.4) is 0 Å². The van der Waals surface area contributed by atoms with Crippen LogP contribution in [-0.4, -0.2) is 99.6 Å². The van der Waals surface area contributed by atoms with Crippen LogP contribution in [0.2, 0.25) is 0 Å². The number of carbonyl (C=O) groups is 3. The number of halogens is 1. The average molecular weight is 536 g/mol. The minimum Gasteiger partial charge on any atom is -1.00 e. The van der Waals surface area contributed by atoms with Crippen molar-refractivity contribution in [3.05, 3.63) is 0 Å². The van der Waals surface area contributed by atoms with Crippen LogP contribution in [0, 0.1) is 10.8 Å². The van der Waals surface area contributed by atoms with Gasteiger partial charge >= 0.3 is 0 Å². The Kier molecular flexibility index (Phi) is 19.5. The molecule has 1 rings (SSSR count). The predicted molar refractivity (Wildman–Crippen MR) is 147 cm³/mol. The molecule has 9 heteroatoms. The Morgan fingerprint density at radius 1 is 1.03 bits per heavy atom. The zero-order valence-electron chi connectivity index (χ0n) is 25.7. The minimum absolute atomic E-state index is 0. The Labute approximate surface area is 228 Å². The third kappa shape index (κ3) is 18.0. The second-order valence-corrected chi connectivity index (χ2v) is 12.2. The maximum atomic E-state index is 12.2. The largest absolute Gasteiger partial charge is 1.00 e. The monoisotopic (exact) mass is 535 g/mol.